The van der Waals surface area contributed by atoms with Crippen molar-refractivity contribution in [2.45, 2.75) is 32.7 Å². The second-order valence-electron chi connectivity index (χ2n) is 4.71. The van der Waals surface area contributed by atoms with Gasteiger partial charge in [-0.15, -0.1) is 0 Å². The summed E-state index contributed by atoms with van der Waals surface area (Å²) in [6, 6.07) is 2.35. The lowest BCUT2D eigenvalue weighted by molar-refractivity contribution is 0.523. The average molecular weight is 247 g/mol. The number of nitrogens with one attached hydrogen (secondary N) is 1. The fourth-order valence-electron chi connectivity index (χ4n) is 2.42. The molecular weight excluding hydrogens is 226 g/mol. The maximum absolute atomic E-state index is 5.14. The first-order valence-corrected chi connectivity index (χ1v) is 6.32. The highest BCUT2D eigenvalue weighted by Crippen LogP contribution is 2.22. The van der Waals surface area contributed by atoms with Crippen LogP contribution in [-0.2, 0) is 13.5 Å². The lowest BCUT2D eigenvalue weighted by Gasteiger charge is -2.14. The third-order valence-corrected chi connectivity index (χ3v) is 3.64. The minimum Gasteiger partial charge on any atom is -0.472 e. The van der Waals surface area contributed by atoms with E-state index < -0.39 is 0 Å². The Kier molecular flexibility index (Phi) is 3.87. The zero-order valence-electron chi connectivity index (χ0n) is 11.5. The van der Waals surface area contributed by atoms with Crippen LogP contribution in [-0.4, -0.2) is 16.8 Å². The van der Waals surface area contributed by atoms with Gasteiger partial charge in [0, 0.05) is 24.3 Å². The summed E-state index contributed by atoms with van der Waals surface area (Å²) < 4.78 is 7.10. The molecule has 1 N–H and O–H groups in total. The Balaban J connectivity index is 2.06. The highest BCUT2D eigenvalue weighted by Gasteiger charge is 2.14. The fraction of sp³-hybridized carbons (Fsp3) is 0.500. The summed E-state index contributed by atoms with van der Waals surface area (Å²) >= 11 is 0. The van der Waals surface area contributed by atoms with Crippen molar-refractivity contribution in [3.8, 4) is 0 Å². The summed E-state index contributed by atoms with van der Waals surface area (Å²) in [5, 5.41) is 7.79. The van der Waals surface area contributed by atoms with Crippen molar-refractivity contribution in [3.63, 3.8) is 0 Å². The van der Waals surface area contributed by atoms with Gasteiger partial charge in [0.05, 0.1) is 18.2 Å². The summed E-state index contributed by atoms with van der Waals surface area (Å²) in [5.74, 6) is 0. The molecule has 0 spiro atoms. The molecule has 0 aliphatic heterocycles. The van der Waals surface area contributed by atoms with Gasteiger partial charge in [0.15, 0.2) is 0 Å². The normalized spacial score (nSPS) is 12.9. The van der Waals surface area contributed by atoms with Crippen molar-refractivity contribution in [1.82, 2.24) is 15.1 Å². The third-order valence-electron chi connectivity index (χ3n) is 3.64. The van der Waals surface area contributed by atoms with Gasteiger partial charge in [0.25, 0.3) is 0 Å². The molecule has 18 heavy (non-hydrogen) atoms. The molecule has 0 aliphatic carbocycles. The maximum atomic E-state index is 5.14. The van der Waals surface area contributed by atoms with E-state index in [4.69, 9.17) is 4.42 Å². The van der Waals surface area contributed by atoms with E-state index >= 15 is 0 Å². The van der Waals surface area contributed by atoms with Crippen LogP contribution in [0.3, 0.4) is 0 Å². The van der Waals surface area contributed by atoms with Gasteiger partial charge in [0.2, 0.25) is 0 Å². The molecule has 2 rings (SSSR count). The molecule has 2 heterocycles. The number of hydrogen-bond donors (Lipinski definition) is 1. The Bertz CT molecular complexity index is 499. The number of aryl methyl sites for hydroxylation is 2. The molecule has 1 unspecified atom stereocenters. The Morgan fingerprint density at radius 3 is 2.72 bits per heavy atom. The van der Waals surface area contributed by atoms with Crippen molar-refractivity contribution < 1.29 is 4.42 Å². The molecule has 0 bridgehead atoms. The zero-order chi connectivity index (χ0) is 13.1. The molecule has 4 heteroatoms. The molecule has 0 aromatic carbocycles. The van der Waals surface area contributed by atoms with Crippen LogP contribution < -0.4 is 5.32 Å². The van der Waals surface area contributed by atoms with Crippen molar-refractivity contribution in [1.29, 1.82) is 0 Å². The van der Waals surface area contributed by atoms with Gasteiger partial charge < -0.3 is 9.73 Å². The van der Waals surface area contributed by atoms with Crippen molar-refractivity contribution in [2.24, 2.45) is 7.05 Å². The molecule has 0 fully saturated rings. The van der Waals surface area contributed by atoms with Crippen LogP contribution in [0.25, 0.3) is 0 Å². The molecule has 2 aromatic heterocycles. The molecular formula is C14H21N3O. The number of nitrogens with zero attached hydrogens (tertiary/aromatic N) is 2. The fourth-order valence-corrected chi connectivity index (χ4v) is 2.42. The Labute approximate surface area is 108 Å². The molecule has 0 aliphatic rings. The topological polar surface area (TPSA) is 43.0 Å². The minimum atomic E-state index is 0.336. The van der Waals surface area contributed by atoms with Gasteiger partial charge in [0.1, 0.15) is 0 Å². The van der Waals surface area contributed by atoms with Gasteiger partial charge in [-0.3, -0.25) is 4.68 Å². The average Bonchev–Trinajstić information content (AvgIpc) is 2.94. The Morgan fingerprint density at radius 2 is 2.22 bits per heavy atom. The lowest BCUT2D eigenvalue weighted by atomic mass is 10.0. The molecule has 98 valence electrons. The van der Waals surface area contributed by atoms with E-state index in [1.807, 2.05) is 31.1 Å². The molecule has 0 saturated carbocycles. The third kappa shape index (κ3) is 2.48. The van der Waals surface area contributed by atoms with Gasteiger partial charge >= 0.3 is 0 Å². The lowest BCUT2D eigenvalue weighted by Crippen LogP contribution is -2.16. The summed E-state index contributed by atoms with van der Waals surface area (Å²) in [5.41, 5.74) is 4.96. The second-order valence-corrected chi connectivity index (χ2v) is 4.71. The quantitative estimate of drug-likeness (QED) is 0.883. The zero-order valence-corrected chi connectivity index (χ0v) is 11.5. The van der Waals surface area contributed by atoms with E-state index in [1.165, 1.54) is 16.8 Å². The van der Waals surface area contributed by atoms with Crippen LogP contribution in [0.5, 0.6) is 0 Å². The highest BCUT2D eigenvalue weighted by molar-refractivity contribution is 5.25. The van der Waals surface area contributed by atoms with Crippen LogP contribution in [0.15, 0.2) is 23.0 Å². The maximum Gasteiger partial charge on any atom is 0.0950 e. The molecule has 4 nitrogen and oxygen atoms in total. The van der Waals surface area contributed by atoms with Crippen LogP contribution in [0.2, 0.25) is 0 Å². The predicted molar refractivity (Wildman–Crippen MR) is 71.5 cm³/mol. The molecule has 0 radical (unpaired) electrons. The number of aromatic nitrogens is 2. The predicted octanol–water partition coefficient (Wildman–Crippen LogP) is 2.52. The first-order valence-electron chi connectivity index (χ1n) is 6.32. The summed E-state index contributed by atoms with van der Waals surface area (Å²) in [6.45, 7) is 4.20. The summed E-state index contributed by atoms with van der Waals surface area (Å²) in [4.78, 5) is 0. The number of hydrogen-bond acceptors (Lipinski definition) is 3. The SMILES string of the molecule is CNC(CCc1c(C)nn(C)c1C)c1ccoc1. The van der Waals surface area contributed by atoms with E-state index in [1.54, 1.807) is 6.26 Å². The van der Waals surface area contributed by atoms with Crippen molar-refractivity contribution in [2.75, 3.05) is 7.05 Å². The van der Waals surface area contributed by atoms with E-state index in [-0.39, 0.29) is 0 Å². The van der Waals surface area contributed by atoms with Crippen molar-refractivity contribution >= 4 is 0 Å². The van der Waals surface area contributed by atoms with Crippen LogP contribution in [0.1, 0.15) is 35.0 Å². The monoisotopic (exact) mass is 247 g/mol. The summed E-state index contributed by atoms with van der Waals surface area (Å²) in [7, 11) is 3.98. The molecule has 0 amide bonds. The summed E-state index contributed by atoms with van der Waals surface area (Å²) in [6.07, 6.45) is 5.61. The number of rotatable bonds is 5. The molecule has 1 atom stereocenters. The van der Waals surface area contributed by atoms with E-state index in [0.717, 1.165) is 18.5 Å². The van der Waals surface area contributed by atoms with Gasteiger partial charge in [-0.2, -0.15) is 5.10 Å². The highest BCUT2D eigenvalue weighted by atomic mass is 16.3. The van der Waals surface area contributed by atoms with Gasteiger partial charge in [-0.1, -0.05) is 0 Å². The van der Waals surface area contributed by atoms with Gasteiger partial charge in [-0.25, -0.2) is 0 Å². The first-order chi connectivity index (χ1) is 8.63. The number of furan rings is 1. The molecule has 0 saturated heterocycles. The van der Waals surface area contributed by atoms with Crippen molar-refractivity contribution in [3.05, 3.63) is 41.1 Å². The first kappa shape index (κ1) is 12.9. The largest absolute Gasteiger partial charge is 0.472 e. The van der Waals surface area contributed by atoms with Crippen LogP contribution in [0, 0.1) is 13.8 Å². The molecule has 2 aromatic rings. The van der Waals surface area contributed by atoms with Gasteiger partial charge in [-0.05, 0) is 45.4 Å². The van der Waals surface area contributed by atoms with E-state index in [2.05, 4.69) is 24.3 Å². The Hall–Kier alpha value is -1.55. The second kappa shape index (κ2) is 5.40. The standard InChI is InChI=1S/C14H21N3O/c1-10-13(11(2)17(4)16-10)5-6-14(15-3)12-7-8-18-9-12/h7-9,14-15H,5-6H2,1-4H3. The van der Waals surface area contributed by atoms with Crippen LogP contribution >= 0.6 is 0 Å². The van der Waals surface area contributed by atoms with E-state index in [0.29, 0.717) is 6.04 Å². The van der Waals surface area contributed by atoms with E-state index in [9.17, 15) is 0 Å². The Morgan fingerprint density at radius 1 is 1.44 bits per heavy atom. The smallest absolute Gasteiger partial charge is 0.0950 e. The van der Waals surface area contributed by atoms with Crippen LogP contribution in [0.4, 0.5) is 0 Å². The minimum absolute atomic E-state index is 0.336.